The number of phenols is 1. The number of nitrogens with zero attached hydrogens (tertiary/aromatic N) is 2. The minimum atomic E-state index is -0.396. The van der Waals surface area contributed by atoms with E-state index in [9.17, 15) is 14.7 Å². The van der Waals surface area contributed by atoms with Crippen molar-refractivity contribution in [1.82, 2.24) is 15.1 Å². The van der Waals surface area contributed by atoms with Crippen molar-refractivity contribution in [3.63, 3.8) is 0 Å². The van der Waals surface area contributed by atoms with Gasteiger partial charge in [-0.25, -0.2) is 0 Å². The number of rotatable bonds is 8. The summed E-state index contributed by atoms with van der Waals surface area (Å²) in [7, 11) is 3.10. The number of nitrogens with one attached hydrogen (secondary N) is 1. The Bertz CT molecular complexity index is 785. The number of phenolic OH excluding ortho intramolecular Hbond substituents is 1. The van der Waals surface area contributed by atoms with Gasteiger partial charge in [0.05, 0.1) is 23.7 Å². The molecule has 0 saturated carbocycles. The molecule has 0 radical (unpaired) electrons. The first kappa shape index (κ1) is 23.8. The van der Waals surface area contributed by atoms with Crippen LogP contribution in [0.25, 0.3) is 0 Å². The fourth-order valence-corrected chi connectivity index (χ4v) is 4.67. The summed E-state index contributed by atoms with van der Waals surface area (Å²) in [5.74, 6) is 0.0243. The second-order valence-electron chi connectivity index (χ2n) is 8.11. The third kappa shape index (κ3) is 5.90. The van der Waals surface area contributed by atoms with Crippen molar-refractivity contribution >= 4 is 27.7 Å². The van der Waals surface area contributed by atoms with Crippen LogP contribution in [0.2, 0.25) is 0 Å². The molecule has 172 valence electrons. The topological polar surface area (TPSA) is 91.3 Å². The van der Waals surface area contributed by atoms with E-state index in [0.29, 0.717) is 23.2 Å². The lowest BCUT2D eigenvalue weighted by Crippen LogP contribution is -2.55. The van der Waals surface area contributed by atoms with Gasteiger partial charge >= 0.3 is 0 Å². The van der Waals surface area contributed by atoms with Crippen LogP contribution >= 0.6 is 15.9 Å². The molecule has 0 aromatic heterocycles. The third-order valence-electron chi connectivity index (χ3n) is 6.12. The SMILES string of the molecule is COc1ccc(Br)c(O)c1C(=O)NC1CCN(CCCC(=O)N2CCCC2)CC1OC. The van der Waals surface area contributed by atoms with Gasteiger partial charge in [-0.05, 0) is 60.3 Å². The molecule has 1 aromatic carbocycles. The highest BCUT2D eigenvalue weighted by Crippen LogP contribution is 2.34. The summed E-state index contributed by atoms with van der Waals surface area (Å²) in [6, 6.07) is 3.09. The van der Waals surface area contributed by atoms with Gasteiger partial charge in [-0.15, -0.1) is 0 Å². The quantitative estimate of drug-likeness (QED) is 0.572. The Kier molecular flexibility index (Phi) is 8.57. The smallest absolute Gasteiger partial charge is 0.259 e. The van der Waals surface area contributed by atoms with Crippen LogP contribution in [-0.4, -0.2) is 85.8 Å². The fourth-order valence-electron chi connectivity index (χ4n) is 4.34. The van der Waals surface area contributed by atoms with Gasteiger partial charge in [-0.3, -0.25) is 9.59 Å². The molecule has 2 amide bonds. The van der Waals surface area contributed by atoms with Gasteiger partial charge in [0.25, 0.3) is 5.91 Å². The van der Waals surface area contributed by atoms with E-state index in [1.54, 1.807) is 19.2 Å². The summed E-state index contributed by atoms with van der Waals surface area (Å²) >= 11 is 3.25. The van der Waals surface area contributed by atoms with Crippen LogP contribution in [-0.2, 0) is 9.53 Å². The van der Waals surface area contributed by atoms with Gasteiger partial charge in [-0.1, -0.05) is 0 Å². The Morgan fingerprint density at radius 2 is 1.97 bits per heavy atom. The molecule has 2 saturated heterocycles. The molecule has 8 nitrogen and oxygen atoms in total. The molecule has 9 heteroatoms. The van der Waals surface area contributed by atoms with Crippen LogP contribution in [0.15, 0.2) is 16.6 Å². The maximum Gasteiger partial charge on any atom is 0.259 e. The summed E-state index contributed by atoms with van der Waals surface area (Å²) in [4.78, 5) is 29.4. The number of benzene rings is 1. The van der Waals surface area contributed by atoms with E-state index in [2.05, 4.69) is 26.1 Å². The summed E-state index contributed by atoms with van der Waals surface area (Å²) < 4.78 is 11.3. The normalized spacial score (nSPS) is 21.8. The van der Waals surface area contributed by atoms with E-state index in [1.165, 1.54) is 7.11 Å². The molecule has 2 heterocycles. The Balaban J connectivity index is 1.52. The second kappa shape index (κ2) is 11.2. The number of hydrogen-bond acceptors (Lipinski definition) is 6. The molecule has 0 bridgehead atoms. The first-order valence-electron chi connectivity index (χ1n) is 10.8. The fraction of sp³-hybridized carbons (Fsp3) is 0.636. The van der Waals surface area contributed by atoms with Crippen LogP contribution in [0.3, 0.4) is 0 Å². The van der Waals surface area contributed by atoms with E-state index >= 15 is 0 Å². The van der Waals surface area contributed by atoms with Crippen molar-refractivity contribution in [2.75, 3.05) is 46.9 Å². The number of carbonyl (C=O) groups is 2. The monoisotopic (exact) mass is 497 g/mol. The van der Waals surface area contributed by atoms with E-state index < -0.39 is 5.91 Å². The number of piperidine rings is 1. The maximum atomic E-state index is 12.9. The standard InChI is InChI=1S/C22H32BrN3O5/c1-30-17-8-7-15(23)21(28)20(17)22(29)24-16-9-13-25(14-18(16)31-2)10-5-6-19(27)26-11-3-4-12-26/h7-8,16,18,28H,3-6,9-14H2,1-2H3,(H,24,29). The van der Waals surface area contributed by atoms with E-state index in [0.717, 1.165) is 51.9 Å². The van der Waals surface area contributed by atoms with Crippen LogP contribution in [0, 0.1) is 0 Å². The molecule has 0 aliphatic carbocycles. The molecule has 2 aliphatic rings. The number of carbonyl (C=O) groups excluding carboxylic acids is 2. The van der Waals surface area contributed by atoms with Crippen LogP contribution in [0.5, 0.6) is 11.5 Å². The lowest BCUT2D eigenvalue weighted by Gasteiger charge is -2.38. The van der Waals surface area contributed by atoms with Crippen LogP contribution in [0.4, 0.5) is 0 Å². The lowest BCUT2D eigenvalue weighted by atomic mass is 10.00. The predicted octanol–water partition coefficient (Wildman–Crippen LogP) is 2.39. The number of amides is 2. The zero-order valence-corrected chi connectivity index (χ0v) is 19.8. The summed E-state index contributed by atoms with van der Waals surface area (Å²) in [5.41, 5.74) is 0.106. The average Bonchev–Trinajstić information content (AvgIpc) is 3.31. The Labute approximate surface area is 192 Å². The molecule has 2 N–H and O–H groups in total. The van der Waals surface area contributed by atoms with Crippen LogP contribution < -0.4 is 10.1 Å². The summed E-state index contributed by atoms with van der Waals surface area (Å²) in [5, 5.41) is 13.3. The van der Waals surface area contributed by atoms with Gasteiger partial charge < -0.3 is 29.7 Å². The van der Waals surface area contributed by atoms with Crippen molar-refractivity contribution < 1.29 is 24.2 Å². The number of halogens is 1. The average molecular weight is 498 g/mol. The first-order valence-corrected chi connectivity index (χ1v) is 11.6. The molecule has 2 atom stereocenters. The molecule has 2 fully saturated rings. The summed E-state index contributed by atoms with van der Waals surface area (Å²) in [6.45, 7) is 4.12. The predicted molar refractivity (Wildman–Crippen MR) is 121 cm³/mol. The third-order valence-corrected chi connectivity index (χ3v) is 6.76. The lowest BCUT2D eigenvalue weighted by molar-refractivity contribution is -0.130. The molecular formula is C22H32BrN3O5. The number of methoxy groups -OCH3 is 2. The van der Waals surface area contributed by atoms with Crippen molar-refractivity contribution in [3.8, 4) is 11.5 Å². The number of ether oxygens (including phenoxy) is 2. The maximum absolute atomic E-state index is 12.9. The highest BCUT2D eigenvalue weighted by atomic mass is 79.9. The van der Waals surface area contributed by atoms with Crippen molar-refractivity contribution in [2.24, 2.45) is 0 Å². The second-order valence-corrected chi connectivity index (χ2v) is 8.96. The highest BCUT2D eigenvalue weighted by Gasteiger charge is 2.32. The Morgan fingerprint density at radius 1 is 1.23 bits per heavy atom. The minimum absolute atomic E-state index is 0.106. The molecule has 31 heavy (non-hydrogen) atoms. The molecular weight excluding hydrogens is 466 g/mol. The number of likely N-dealkylation sites (tertiary alicyclic amines) is 2. The number of aromatic hydroxyl groups is 1. The van der Waals surface area contributed by atoms with E-state index in [4.69, 9.17) is 9.47 Å². The zero-order valence-electron chi connectivity index (χ0n) is 18.2. The number of hydrogen-bond donors (Lipinski definition) is 2. The zero-order chi connectivity index (χ0) is 22.4. The largest absolute Gasteiger partial charge is 0.506 e. The van der Waals surface area contributed by atoms with Gasteiger partial charge in [-0.2, -0.15) is 0 Å². The van der Waals surface area contributed by atoms with Crippen molar-refractivity contribution in [2.45, 2.75) is 44.2 Å². The minimum Gasteiger partial charge on any atom is -0.506 e. The van der Waals surface area contributed by atoms with Gasteiger partial charge in [0.1, 0.15) is 17.1 Å². The van der Waals surface area contributed by atoms with Gasteiger partial charge in [0.15, 0.2) is 0 Å². The molecule has 0 spiro atoms. The van der Waals surface area contributed by atoms with Crippen molar-refractivity contribution in [3.05, 3.63) is 22.2 Å². The Morgan fingerprint density at radius 3 is 2.65 bits per heavy atom. The molecule has 2 unspecified atom stereocenters. The van der Waals surface area contributed by atoms with Crippen LogP contribution in [0.1, 0.15) is 42.5 Å². The highest BCUT2D eigenvalue weighted by molar-refractivity contribution is 9.10. The molecule has 2 aliphatic heterocycles. The molecule has 1 aromatic rings. The van der Waals surface area contributed by atoms with Gasteiger partial charge in [0.2, 0.25) is 5.91 Å². The Hall–Kier alpha value is -1.84. The molecule has 3 rings (SSSR count). The van der Waals surface area contributed by atoms with E-state index in [-0.39, 0.29) is 29.4 Å². The van der Waals surface area contributed by atoms with Crippen molar-refractivity contribution in [1.29, 1.82) is 0 Å². The van der Waals surface area contributed by atoms with E-state index in [1.807, 2.05) is 4.90 Å². The first-order chi connectivity index (χ1) is 14.9. The summed E-state index contributed by atoms with van der Waals surface area (Å²) in [6.07, 6.45) is 4.19. The van der Waals surface area contributed by atoms with Gasteiger partial charge in [0, 0.05) is 39.7 Å².